The number of benzene rings is 1. The van der Waals surface area contributed by atoms with Crippen molar-refractivity contribution < 1.29 is 9.90 Å². The maximum Gasteiger partial charge on any atom is 0.159 e. The van der Waals surface area contributed by atoms with Gasteiger partial charge in [0.15, 0.2) is 5.78 Å². The fourth-order valence-corrected chi connectivity index (χ4v) is 0.864. The summed E-state index contributed by atoms with van der Waals surface area (Å²) in [4.78, 5) is 10.8. The Morgan fingerprint density at radius 2 is 2.00 bits per heavy atom. The molecule has 0 aromatic heterocycles. The second-order valence-electron chi connectivity index (χ2n) is 2.74. The number of hydrogen-bond acceptors (Lipinski definition) is 2. The van der Waals surface area contributed by atoms with E-state index >= 15 is 0 Å². The summed E-state index contributed by atoms with van der Waals surface area (Å²) in [5.74, 6) is 0.128. The highest BCUT2D eigenvalue weighted by Gasteiger charge is 1.95. The summed E-state index contributed by atoms with van der Waals surface area (Å²) in [6.07, 6.45) is 0. The van der Waals surface area contributed by atoms with E-state index in [0.29, 0.717) is 0 Å². The SMILES string of the molecule is CC(=O)c1cccc(C)c1.CCO. The number of ketones is 1. The van der Waals surface area contributed by atoms with E-state index in [0.717, 1.165) is 11.1 Å². The minimum atomic E-state index is 0.128. The second kappa shape index (κ2) is 6.38. The number of carbonyl (C=O) groups is 1. The number of carbonyl (C=O) groups excluding carboxylic acids is 1. The van der Waals surface area contributed by atoms with E-state index in [9.17, 15) is 4.79 Å². The van der Waals surface area contributed by atoms with Gasteiger partial charge in [0.1, 0.15) is 0 Å². The summed E-state index contributed by atoms with van der Waals surface area (Å²) in [6, 6.07) is 7.59. The Morgan fingerprint density at radius 1 is 1.46 bits per heavy atom. The normalized spacial score (nSPS) is 8.62. The first-order valence-electron chi connectivity index (χ1n) is 4.30. The first-order valence-corrected chi connectivity index (χ1v) is 4.30. The van der Waals surface area contributed by atoms with Crippen LogP contribution in [0.5, 0.6) is 0 Å². The third-order valence-corrected chi connectivity index (χ3v) is 1.42. The van der Waals surface area contributed by atoms with Gasteiger partial charge in [-0.25, -0.2) is 0 Å². The van der Waals surface area contributed by atoms with Gasteiger partial charge in [-0.15, -0.1) is 0 Å². The van der Waals surface area contributed by atoms with E-state index in [-0.39, 0.29) is 12.4 Å². The van der Waals surface area contributed by atoms with Crippen LogP contribution >= 0.6 is 0 Å². The maximum absolute atomic E-state index is 10.8. The number of rotatable bonds is 1. The molecule has 0 heterocycles. The van der Waals surface area contributed by atoms with Crippen molar-refractivity contribution in [3.63, 3.8) is 0 Å². The molecule has 2 heteroatoms. The molecule has 72 valence electrons. The van der Waals surface area contributed by atoms with E-state index in [1.54, 1.807) is 13.8 Å². The molecule has 0 amide bonds. The Kier molecular flexibility index (Phi) is 5.81. The molecule has 13 heavy (non-hydrogen) atoms. The third kappa shape index (κ3) is 5.15. The maximum atomic E-state index is 10.8. The molecule has 0 radical (unpaired) electrons. The van der Waals surface area contributed by atoms with Crippen LogP contribution < -0.4 is 0 Å². The van der Waals surface area contributed by atoms with Crippen LogP contribution in [0.2, 0.25) is 0 Å². The summed E-state index contributed by atoms with van der Waals surface area (Å²) in [5, 5.41) is 7.57. The quantitative estimate of drug-likeness (QED) is 0.673. The van der Waals surface area contributed by atoms with Crippen molar-refractivity contribution in [2.45, 2.75) is 20.8 Å². The number of aryl methyl sites for hydroxylation is 1. The molecule has 1 aromatic rings. The number of aliphatic hydroxyl groups is 1. The van der Waals surface area contributed by atoms with Gasteiger partial charge in [0.25, 0.3) is 0 Å². The third-order valence-electron chi connectivity index (χ3n) is 1.42. The van der Waals surface area contributed by atoms with Crippen LogP contribution in [-0.2, 0) is 0 Å². The fraction of sp³-hybridized carbons (Fsp3) is 0.364. The van der Waals surface area contributed by atoms with Gasteiger partial charge < -0.3 is 5.11 Å². The highest BCUT2D eigenvalue weighted by Crippen LogP contribution is 2.03. The van der Waals surface area contributed by atoms with Crippen LogP contribution in [0.3, 0.4) is 0 Å². The fourth-order valence-electron chi connectivity index (χ4n) is 0.864. The monoisotopic (exact) mass is 180 g/mol. The average Bonchev–Trinajstić information content (AvgIpc) is 2.05. The van der Waals surface area contributed by atoms with Gasteiger partial charge in [-0.2, -0.15) is 0 Å². The molecule has 1 rings (SSSR count). The minimum absolute atomic E-state index is 0.128. The first-order chi connectivity index (χ1) is 6.11. The van der Waals surface area contributed by atoms with Crippen molar-refractivity contribution >= 4 is 5.78 Å². The molecular weight excluding hydrogens is 164 g/mol. The lowest BCUT2D eigenvalue weighted by atomic mass is 10.1. The van der Waals surface area contributed by atoms with Crippen LogP contribution in [0.15, 0.2) is 24.3 Å². The lowest BCUT2D eigenvalue weighted by Crippen LogP contribution is -1.90. The molecule has 0 unspecified atom stereocenters. The Bertz CT molecular complexity index is 267. The van der Waals surface area contributed by atoms with Gasteiger partial charge >= 0.3 is 0 Å². The van der Waals surface area contributed by atoms with E-state index < -0.39 is 0 Å². The summed E-state index contributed by atoms with van der Waals surface area (Å²) in [7, 11) is 0. The lowest BCUT2D eigenvalue weighted by molar-refractivity contribution is 0.101. The standard InChI is InChI=1S/C9H10O.C2H6O/c1-7-4-3-5-9(6-7)8(2)10;1-2-3/h3-6H,1-2H3;3H,2H2,1H3. The molecule has 2 nitrogen and oxygen atoms in total. The van der Waals surface area contributed by atoms with Crippen LogP contribution in [0.1, 0.15) is 29.8 Å². The van der Waals surface area contributed by atoms with Gasteiger partial charge in [-0.3, -0.25) is 4.79 Å². The van der Waals surface area contributed by atoms with E-state index in [2.05, 4.69) is 0 Å². The number of aliphatic hydroxyl groups excluding tert-OH is 1. The van der Waals surface area contributed by atoms with Crippen molar-refractivity contribution in [2.75, 3.05) is 6.61 Å². The molecule has 0 bridgehead atoms. The van der Waals surface area contributed by atoms with Gasteiger partial charge in [-0.1, -0.05) is 23.8 Å². The van der Waals surface area contributed by atoms with E-state index in [1.807, 2.05) is 31.2 Å². The van der Waals surface area contributed by atoms with Crippen LogP contribution in [0.4, 0.5) is 0 Å². The molecule has 0 aliphatic rings. The summed E-state index contributed by atoms with van der Waals surface area (Å²) >= 11 is 0. The largest absolute Gasteiger partial charge is 0.397 e. The Morgan fingerprint density at radius 3 is 2.31 bits per heavy atom. The molecule has 0 saturated heterocycles. The van der Waals surface area contributed by atoms with Gasteiger partial charge in [0.2, 0.25) is 0 Å². The predicted octanol–water partition coefficient (Wildman–Crippen LogP) is 2.20. The highest BCUT2D eigenvalue weighted by molar-refractivity contribution is 5.94. The van der Waals surface area contributed by atoms with E-state index in [1.165, 1.54) is 0 Å². The zero-order valence-electron chi connectivity index (χ0n) is 8.37. The smallest absolute Gasteiger partial charge is 0.159 e. The molecule has 0 aliphatic heterocycles. The Hall–Kier alpha value is -1.15. The molecule has 0 aliphatic carbocycles. The summed E-state index contributed by atoms with van der Waals surface area (Å²) in [6.45, 7) is 5.49. The Labute approximate surface area is 79.2 Å². The van der Waals surface area contributed by atoms with Crippen LogP contribution in [-0.4, -0.2) is 17.5 Å². The molecule has 1 aromatic carbocycles. The van der Waals surface area contributed by atoms with Gasteiger partial charge in [0.05, 0.1) is 0 Å². The van der Waals surface area contributed by atoms with Crippen molar-refractivity contribution in [2.24, 2.45) is 0 Å². The average molecular weight is 180 g/mol. The molecule has 1 N–H and O–H groups in total. The number of Topliss-reactive ketones (excluding diaryl/α,β-unsaturated/α-hetero) is 1. The lowest BCUT2D eigenvalue weighted by Gasteiger charge is -1.94. The molecule has 0 spiro atoms. The predicted molar refractivity (Wildman–Crippen MR) is 53.9 cm³/mol. The number of hydrogen-bond donors (Lipinski definition) is 1. The molecular formula is C11H16O2. The topological polar surface area (TPSA) is 37.3 Å². The van der Waals surface area contributed by atoms with Crippen LogP contribution in [0, 0.1) is 6.92 Å². The molecule has 0 fully saturated rings. The molecule has 0 saturated carbocycles. The zero-order chi connectivity index (χ0) is 10.3. The first kappa shape index (κ1) is 11.8. The highest BCUT2D eigenvalue weighted by atomic mass is 16.2. The Balaban J connectivity index is 0.000000424. The van der Waals surface area contributed by atoms with Crippen molar-refractivity contribution in [1.29, 1.82) is 0 Å². The van der Waals surface area contributed by atoms with Crippen molar-refractivity contribution in [3.8, 4) is 0 Å². The van der Waals surface area contributed by atoms with Crippen molar-refractivity contribution in [1.82, 2.24) is 0 Å². The van der Waals surface area contributed by atoms with Gasteiger partial charge in [0, 0.05) is 12.2 Å². The van der Waals surface area contributed by atoms with Gasteiger partial charge in [-0.05, 0) is 26.8 Å². The zero-order valence-corrected chi connectivity index (χ0v) is 8.37. The van der Waals surface area contributed by atoms with E-state index in [4.69, 9.17) is 5.11 Å². The second-order valence-corrected chi connectivity index (χ2v) is 2.74. The summed E-state index contributed by atoms with van der Waals surface area (Å²) < 4.78 is 0. The summed E-state index contributed by atoms with van der Waals surface area (Å²) in [5.41, 5.74) is 1.92. The van der Waals surface area contributed by atoms with Crippen LogP contribution in [0.25, 0.3) is 0 Å². The minimum Gasteiger partial charge on any atom is -0.397 e. The van der Waals surface area contributed by atoms with Crippen molar-refractivity contribution in [3.05, 3.63) is 35.4 Å². The molecule has 0 atom stereocenters.